The zero-order valence-corrected chi connectivity index (χ0v) is 17.8. The molecule has 2 saturated carbocycles. The summed E-state index contributed by atoms with van der Waals surface area (Å²) in [7, 11) is 0. The van der Waals surface area contributed by atoms with Gasteiger partial charge in [0.15, 0.2) is 0 Å². The summed E-state index contributed by atoms with van der Waals surface area (Å²) in [4.78, 5) is 11.5. The van der Waals surface area contributed by atoms with Gasteiger partial charge in [0, 0.05) is 23.4 Å². The smallest absolute Gasteiger partial charge is 0.336 e. The standard InChI is InChI=1S/C24H32O5/c1-22(2)18-9-12-24(4,27)19(23(18,3)11-10-20(22)25)14-28-16-7-5-15-6-8-21(26)29-17(15)13-16/h5-8,13,18-20,25,27H,9-12,14H2,1-4H3/t18-,19+,20-,23+,24-/m0/s1. The van der Waals surface area contributed by atoms with Gasteiger partial charge in [-0.3, -0.25) is 0 Å². The molecule has 5 heteroatoms. The maximum absolute atomic E-state index is 11.5. The zero-order valence-electron chi connectivity index (χ0n) is 17.8. The topological polar surface area (TPSA) is 79.9 Å². The Morgan fingerprint density at radius 3 is 2.59 bits per heavy atom. The van der Waals surface area contributed by atoms with Crippen molar-refractivity contribution < 1.29 is 19.4 Å². The Balaban J connectivity index is 1.61. The molecular formula is C24H32O5. The monoisotopic (exact) mass is 400 g/mol. The average molecular weight is 401 g/mol. The first-order valence-corrected chi connectivity index (χ1v) is 10.6. The van der Waals surface area contributed by atoms with Gasteiger partial charge in [-0.2, -0.15) is 0 Å². The van der Waals surface area contributed by atoms with E-state index in [1.54, 1.807) is 12.1 Å². The number of aliphatic hydroxyl groups is 2. The molecule has 158 valence electrons. The Labute approximate surface area is 171 Å². The van der Waals surface area contributed by atoms with Crippen LogP contribution in [0.5, 0.6) is 5.75 Å². The molecule has 2 aliphatic rings. The lowest BCUT2D eigenvalue weighted by Crippen LogP contribution is -2.61. The highest BCUT2D eigenvalue weighted by Crippen LogP contribution is 2.61. The van der Waals surface area contributed by atoms with Gasteiger partial charge in [0.2, 0.25) is 0 Å². The van der Waals surface area contributed by atoms with E-state index in [0.29, 0.717) is 30.3 Å². The summed E-state index contributed by atoms with van der Waals surface area (Å²) in [6.07, 6.45) is 2.91. The minimum absolute atomic E-state index is 0.0565. The number of benzene rings is 1. The summed E-state index contributed by atoms with van der Waals surface area (Å²) >= 11 is 0. The summed E-state index contributed by atoms with van der Waals surface area (Å²) in [5.41, 5.74) is -1.02. The van der Waals surface area contributed by atoms with Crippen molar-refractivity contribution in [1.82, 2.24) is 0 Å². The molecule has 2 aliphatic carbocycles. The number of hydrogen-bond acceptors (Lipinski definition) is 5. The predicted molar refractivity (Wildman–Crippen MR) is 112 cm³/mol. The van der Waals surface area contributed by atoms with Crippen molar-refractivity contribution in [3.8, 4) is 5.75 Å². The van der Waals surface area contributed by atoms with Crippen LogP contribution in [-0.4, -0.2) is 28.5 Å². The molecule has 1 heterocycles. The quantitative estimate of drug-likeness (QED) is 0.757. The molecule has 1 aromatic heterocycles. The molecule has 0 saturated heterocycles. The molecule has 4 rings (SSSR count). The van der Waals surface area contributed by atoms with Gasteiger partial charge in [-0.1, -0.05) is 20.8 Å². The number of aliphatic hydroxyl groups excluding tert-OH is 1. The summed E-state index contributed by atoms with van der Waals surface area (Å²) in [5.74, 6) is 0.893. The van der Waals surface area contributed by atoms with E-state index in [1.165, 1.54) is 6.07 Å². The molecule has 1 aromatic carbocycles. The van der Waals surface area contributed by atoms with Gasteiger partial charge < -0.3 is 19.4 Å². The summed E-state index contributed by atoms with van der Waals surface area (Å²) in [6.45, 7) is 8.87. The van der Waals surface area contributed by atoms with Crippen LogP contribution in [0.4, 0.5) is 0 Å². The summed E-state index contributed by atoms with van der Waals surface area (Å²) in [6, 6.07) is 8.62. The fraction of sp³-hybridized carbons (Fsp3) is 0.625. The molecule has 29 heavy (non-hydrogen) atoms. The average Bonchev–Trinajstić information content (AvgIpc) is 2.64. The third-order valence-corrected chi connectivity index (χ3v) is 8.01. The Morgan fingerprint density at radius 1 is 1.10 bits per heavy atom. The second-order valence-electron chi connectivity index (χ2n) is 10.1. The van der Waals surface area contributed by atoms with Crippen LogP contribution in [0.1, 0.15) is 53.4 Å². The molecule has 0 radical (unpaired) electrons. The highest BCUT2D eigenvalue weighted by Gasteiger charge is 2.60. The lowest BCUT2D eigenvalue weighted by atomic mass is 9.45. The zero-order chi connectivity index (χ0) is 21.0. The van der Waals surface area contributed by atoms with Crippen LogP contribution in [0.15, 0.2) is 39.5 Å². The number of hydrogen-bond donors (Lipinski definition) is 2. The molecular weight excluding hydrogens is 368 g/mol. The molecule has 0 unspecified atom stereocenters. The van der Waals surface area contributed by atoms with Gasteiger partial charge in [-0.15, -0.1) is 0 Å². The van der Waals surface area contributed by atoms with E-state index < -0.39 is 5.60 Å². The Hall–Kier alpha value is -1.85. The lowest BCUT2D eigenvalue weighted by Gasteiger charge is -2.62. The van der Waals surface area contributed by atoms with Gasteiger partial charge in [-0.05, 0) is 67.6 Å². The van der Waals surface area contributed by atoms with E-state index >= 15 is 0 Å². The second-order valence-corrected chi connectivity index (χ2v) is 10.1. The third kappa shape index (κ3) is 3.38. The van der Waals surface area contributed by atoms with E-state index in [0.717, 1.165) is 24.6 Å². The minimum atomic E-state index is -0.826. The molecule has 0 amide bonds. The largest absolute Gasteiger partial charge is 0.493 e. The fourth-order valence-electron chi connectivity index (χ4n) is 6.20. The van der Waals surface area contributed by atoms with E-state index in [9.17, 15) is 15.0 Å². The van der Waals surface area contributed by atoms with Crippen molar-refractivity contribution in [2.24, 2.45) is 22.7 Å². The van der Waals surface area contributed by atoms with Crippen LogP contribution in [0.25, 0.3) is 11.0 Å². The molecule has 2 fully saturated rings. The fourth-order valence-corrected chi connectivity index (χ4v) is 6.20. The van der Waals surface area contributed by atoms with E-state index in [2.05, 4.69) is 20.8 Å². The molecule has 0 aliphatic heterocycles. The maximum Gasteiger partial charge on any atom is 0.336 e. The van der Waals surface area contributed by atoms with Crippen molar-refractivity contribution in [2.75, 3.05) is 6.61 Å². The van der Waals surface area contributed by atoms with Gasteiger partial charge in [0.1, 0.15) is 11.3 Å². The van der Waals surface area contributed by atoms with Crippen LogP contribution in [0.2, 0.25) is 0 Å². The number of rotatable bonds is 3. The van der Waals surface area contributed by atoms with Crippen molar-refractivity contribution >= 4 is 11.0 Å². The molecule has 0 spiro atoms. The normalized spacial score (nSPS) is 36.6. The Morgan fingerprint density at radius 2 is 1.83 bits per heavy atom. The molecule has 2 aromatic rings. The van der Waals surface area contributed by atoms with Crippen molar-refractivity contribution in [3.63, 3.8) is 0 Å². The number of fused-ring (bicyclic) bond motifs is 2. The SMILES string of the molecule is CC1(C)[C@@H](O)CC[C@@]2(C)[C@@H](COc3ccc4ccc(=O)oc4c3)[C@@](C)(O)CC[C@@H]12. The molecule has 5 atom stereocenters. The van der Waals surface area contributed by atoms with E-state index in [1.807, 2.05) is 19.1 Å². The molecule has 2 N–H and O–H groups in total. The Bertz CT molecular complexity index is 959. The van der Waals surface area contributed by atoms with Crippen LogP contribution < -0.4 is 10.4 Å². The first-order chi connectivity index (χ1) is 13.5. The number of ether oxygens (including phenoxy) is 1. The lowest BCUT2D eigenvalue weighted by molar-refractivity contribution is -0.201. The third-order valence-electron chi connectivity index (χ3n) is 8.01. The second kappa shape index (κ2) is 6.85. The highest BCUT2D eigenvalue weighted by molar-refractivity contribution is 5.77. The van der Waals surface area contributed by atoms with Gasteiger partial charge in [-0.25, -0.2) is 4.79 Å². The first-order valence-electron chi connectivity index (χ1n) is 10.6. The highest BCUT2D eigenvalue weighted by atomic mass is 16.5. The Kier molecular flexibility index (Phi) is 4.82. The molecule has 0 bridgehead atoms. The van der Waals surface area contributed by atoms with E-state index in [-0.39, 0.29) is 28.5 Å². The maximum atomic E-state index is 11.5. The van der Waals surface area contributed by atoms with Crippen molar-refractivity contribution in [1.29, 1.82) is 0 Å². The van der Waals surface area contributed by atoms with Crippen molar-refractivity contribution in [3.05, 3.63) is 40.8 Å². The van der Waals surface area contributed by atoms with Crippen LogP contribution in [-0.2, 0) is 0 Å². The predicted octanol–water partition coefficient (Wildman–Crippen LogP) is 4.14. The summed E-state index contributed by atoms with van der Waals surface area (Å²) < 4.78 is 11.4. The van der Waals surface area contributed by atoms with E-state index in [4.69, 9.17) is 9.15 Å². The van der Waals surface area contributed by atoms with Gasteiger partial charge in [0.05, 0.1) is 18.3 Å². The van der Waals surface area contributed by atoms with Crippen LogP contribution >= 0.6 is 0 Å². The minimum Gasteiger partial charge on any atom is -0.493 e. The van der Waals surface area contributed by atoms with Crippen LogP contribution in [0.3, 0.4) is 0 Å². The summed E-state index contributed by atoms with van der Waals surface area (Å²) in [5, 5.41) is 22.7. The van der Waals surface area contributed by atoms with Crippen molar-refractivity contribution in [2.45, 2.75) is 65.1 Å². The van der Waals surface area contributed by atoms with Gasteiger partial charge >= 0.3 is 5.63 Å². The van der Waals surface area contributed by atoms with Gasteiger partial charge in [0.25, 0.3) is 0 Å². The van der Waals surface area contributed by atoms with Crippen LogP contribution in [0, 0.1) is 22.7 Å². The first kappa shape index (κ1) is 20.4. The molecule has 5 nitrogen and oxygen atoms in total.